The molecule has 0 saturated heterocycles. The highest BCUT2D eigenvalue weighted by Gasteiger charge is 2.37. The Hall–Kier alpha value is -3.93. The van der Waals surface area contributed by atoms with E-state index in [-0.39, 0.29) is 5.56 Å². The maximum Gasteiger partial charge on any atom is 0.434 e. The van der Waals surface area contributed by atoms with Crippen LogP contribution in [0.4, 0.5) is 13.2 Å². The fourth-order valence-corrected chi connectivity index (χ4v) is 3.64. The van der Waals surface area contributed by atoms with Crippen molar-refractivity contribution in [3.8, 4) is 17.6 Å². The number of benzene rings is 1. The molecule has 4 aromatic rings. The number of carbonyl (C=O) groups is 1. The van der Waals surface area contributed by atoms with E-state index in [1.54, 1.807) is 0 Å². The van der Waals surface area contributed by atoms with Crippen LogP contribution in [0.3, 0.4) is 0 Å². The van der Waals surface area contributed by atoms with Gasteiger partial charge in [-0.05, 0) is 54.7 Å². The number of aromatic amines is 2. The number of ketones is 1. The van der Waals surface area contributed by atoms with Gasteiger partial charge in [0.15, 0.2) is 17.3 Å². The van der Waals surface area contributed by atoms with Gasteiger partial charge in [0, 0.05) is 18.0 Å². The summed E-state index contributed by atoms with van der Waals surface area (Å²) in [5.74, 6) is 0.0498. The van der Waals surface area contributed by atoms with Crippen LogP contribution in [0.2, 0.25) is 0 Å². The predicted molar refractivity (Wildman–Crippen MR) is 105 cm³/mol. The zero-order valence-corrected chi connectivity index (χ0v) is 15.9. The number of aromatic nitrogens is 4. The fourth-order valence-electron chi connectivity index (χ4n) is 3.64. The van der Waals surface area contributed by atoms with E-state index in [0.29, 0.717) is 34.0 Å². The highest BCUT2D eigenvalue weighted by Crippen LogP contribution is 2.41. The van der Waals surface area contributed by atoms with E-state index in [1.807, 2.05) is 12.1 Å². The number of halogens is 3. The molecule has 0 aliphatic heterocycles. The first-order valence-corrected chi connectivity index (χ1v) is 9.54. The molecule has 5 rings (SSSR count). The summed E-state index contributed by atoms with van der Waals surface area (Å²) in [5, 5.41) is 9.48. The molecule has 0 spiro atoms. The zero-order valence-electron chi connectivity index (χ0n) is 15.9. The average molecular weight is 421 g/mol. The molecule has 9 heteroatoms. The van der Waals surface area contributed by atoms with Gasteiger partial charge in [-0.25, -0.2) is 4.98 Å². The van der Waals surface area contributed by atoms with Crippen molar-refractivity contribution in [1.29, 1.82) is 5.26 Å². The van der Waals surface area contributed by atoms with Gasteiger partial charge in [-0.15, -0.1) is 0 Å². The second-order valence-electron chi connectivity index (χ2n) is 7.46. The van der Waals surface area contributed by atoms with E-state index in [2.05, 4.69) is 26.0 Å². The first kappa shape index (κ1) is 19.1. The standard InChI is InChI=1S/C22H14F3N5O/c23-22(24,25)20-15(2-1-5-27-20)19(31)14-8-17(28-10-14)21-29-16-7-12(11-3-4-11)6-13(9-26)18(16)30-21/h1-2,5-8,10-11,28H,3-4H2,(H,29,30). The molecule has 0 unspecified atom stereocenters. The smallest absolute Gasteiger partial charge is 0.358 e. The number of pyridine rings is 1. The number of carbonyl (C=O) groups excluding carboxylic acids is 1. The minimum Gasteiger partial charge on any atom is -0.358 e. The molecule has 31 heavy (non-hydrogen) atoms. The van der Waals surface area contributed by atoms with Gasteiger partial charge in [0.25, 0.3) is 0 Å². The number of hydrogen-bond acceptors (Lipinski definition) is 4. The molecule has 0 bridgehead atoms. The molecule has 1 aromatic carbocycles. The Morgan fingerprint density at radius 3 is 2.74 bits per heavy atom. The molecular weight excluding hydrogens is 407 g/mol. The Morgan fingerprint density at radius 2 is 2.03 bits per heavy atom. The monoisotopic (exact) mass is 421 g/mol. The Morgan fingerprint density at radius 1 is 1.23 bits per heavy atom. The van der Waals surface area contributed by atoms with Gasteiger partial charge < -0.3 is 9.97 Å². The number of nitrogens with one attached hydrogen (secondary N) is 2. The largest absolute Gasteiger partial charge is 0.434 e. The normalized spacial score (nSPS) is 14.0. The van der Waals surface area contributed by atoms with Crippen LogP contribution in [0.5, 0.6) is 0 Å². The van der Waals surface area contributed by atoms with Gasteiger partial charge in [-0.2, -0.15) is 18.4 Å². The predicted octanol–water partition coefficient (Wildman–Crippen LogP) is 4.95. The molecule has 0 amide bonds. The third-order valence-corrected chi connectivity index (χ3v) is 5.30. The molecule has 154 valence electrons. The van der Waals surface area contributed by atoms with E-state index in [4.69, 9.17) is 0 Å². The first-order chi connectivity index (χ1) is 14.8. The number of alkyl halides is 3. The van der Waals surface area contributed by atoms with Crippen molar-refractivity contribution in [3.05, 3.63) is 70.7 Å². The van der Waals surface area contributed by atoms with Crippen LogP contribution in [0.1, 0.15) is 51.5 Å². The van der Waals surface area contributed by atoms with Crippen LogP contribution in [0.15, 0.2) is 42.7 Å². The van der Waals surface area contributed by atoms with Crippen molar-refractivity contribution in [1.82, 2.24) is 19.9 Å². The van der Waals surface area contributed by atoms with Gasteiger partial charge in [0.1, 0.15) is 11.6 Å². The summed E-state index contributed by atoms with van der Waals surface area (Å²) < 4.78 is 39.6. The highest BCUT2D eigenvalue weighted by molar-refractivity contribution is 6.10. The molecule has 6 nitrogen and oxygen atoms in total. The minimum absolute atomic E-state index is 0.0492. The van der Waals surface area contributed by atoms with Crippen LogP contribution >= 0.6 is 0 Å². The van der Waals surface area contributed by atoms with Crippen LogP contribution in [0.25, 0.3) is 22.6 Å². The van der Waals surface area contributed by atoms with E-state index in [0.717, 1.165) is 30.7 Å². The lowest BCUT2D eigenvalue weighted by atomic mass is 10.0. The number of imidazole rings is 1. The molecule has 1 saturated carbocycles. The number of nitrogens with zero attached hydrogens (tertiary/aromatic N) is 3. The summed E-state index contributed by atoms with van der Waals surface area (Å²) in [5.41, 5.74) is 1.47. The molecule has 0 radical (unpaired) electrons. The molecule has 3 aromatic heterocycles. The van der Waals surface area contributed by atoms with Crippen LogP contribution in [0, 0.1) is 11.3 Å². The van der Waals surface area contributed by atoms with Crippen LogP contribution in [-0.4, -0.2) is 25.7 Å². The Kier molecular flexibility index (Phi) is 4.18. The summed E-state index contributed by atoms with van der Waals surface area (Å²) in [6.45, 7) is 0. The Labute approximate surface area is 173 Å². The summed E-state index contributed by atoms with van der Waals surface area (Å²) in [4.78, 5) is 26.5. The van der Waals surface area contributed by atoms with Gasteiger partial charge in [-0.3, -0.25) is 9.78 Å². The SMILES string of the molecule is N#Cc1cc(C2CC2)cc2[nH]c(-c3cc(C(=O)c4cccnc4C(F)(F)F)c[nH]3)nc12. The van der Waals surface area contributed by atoms with Crippen molar-refractivity contribution in [3.63, 3.8) is 0 Å². The molecular formula is C22H14F3N5O. The summed E-state index contributed by atoms with van der Waals surface area (Å²) in [6, 6.07) is 9.79. The van der Waals surface area contributed by atoms with E-state index >= 15 is 0 Å². The van der Waals surface area contributed by atoms with Crippen LogP contribution in [-0.2, 0) is 6.18 Å². The number of rotatable bonds is 4. The van der Waals surface area contributed by atoms with Crippen LogP contribution < -0.4 is 0 Å². The summed E-state index contributed by atoms with van der Waals surface area (Å²) in [6.07, 6.45) is -0.226. The van der Waals surface area contributed by atoms with Crippen molar-refractivity contribution in [2.75, 3.05) is 0 Å². The molecule has 1 aliphatic rings. The van der Waals surface area contributed by atoms with Gasteiger partial charge in [0.2, 0.25) is 0 Å². The first-order valence-electron chi connectivity index (χ1n) is 9.54. The van der Waals surface area contributed by atoms with E-state index < -0.39 is 23.2 Å². The Balaban J connectivity index is 1.52. The van der Waals surface area contributed by atoms with Gasteiger partial charge in [-0.1, -0.05) is 0 Å². The molecule has 1 aliphatic carbocycles. The number of H-pyrrole nitrogens is 2. The average Bonchev–Trinajstić information content (AvgIpc) is 3.32. The minimum atomic E-state index is -4.74. The topological polar surface area (TPSA) is 98.2 Å². The quantitative estimate of drug-likeness (QED) is 0.456. The molecule has 0 atom stereocenters. The second kappa shape index (κ2) is 6.80. The van der Waals surface area contributed by atoms with Crippen molar-refractivity contribution < 1.29 is 18.0 Å². The number of hydrogen-bond donors (Lipinski definition) is 2. The van der Waals surface area contributed by atoms with Crippen molar-refractivity contribution in [2.24, 2.45) is 0 Å². The summed E-state index contributed by atoms with van der Waals surface area (Å²) >= 11 is 0. The lowest BCUT2D eigenvalue weighted by molar-refractivity contribution is -0.141. The fraction of sp³-hybridized carbons (Fsp3) is 0.182. The second-order valence-corrected chi connectivity index (χ2v) is 7.46. The maximum absolute atomic E-state index is 13.2. The lowest BCUT2D eigenvalue weighted by Gasteiger charge is -2.09. The molecule has 2 N–H and O–H groups in total. The van der Waals surface area contributed by atoms with Gasteiger partial charge in [0.05, 0.1) is 22.3 Å². The third-order valence-electron chi connectivity index (χ3n) is 5.30. The molecule has 1 fully saturated rings. The molecule has 3 heterocycles. The number of nitriles is 1. The van der Waals surface area contributed by atoms with Gasteiger partial charge >= 0.3 is 6.18 Å². The third kappa shape index (κ3) is 3.36. The Bertz CT molecular complexity index is 1370. The van der Waals surface area contributed by atoms with E-state index in [1.165, 1.54) is 18.3 Å². The summed E-state index contributed by atoms with van der Waals surface area (Å²) in [7, 11) is 0. The lowest BCUT2D eigenvalue weighted by Crippen LogP contribution is -2.15. The zero-order chi connectivity index (χ0) is 21.8. The maximum atomic E-state index is 13.2. The van der Waals surface area contributed by atoms with Crippen molar-refractivity contribution in [2.45, 2.75) is 24.9 Å². The highest BCUT2D eigenvalue weighted by atomic mass is 19.4. The number of fused-ring (bicyclic) bond motifs is 1. The van der Waals surface area contributed by atoms with Crippen molar-refractivity contribution >= 4 is 16.8 Å². The van der Waals surface area contributed by atoms with E-state index in [9.17, 15) is 23.2 Å².